The molecule has 2 aromatic carbocycles. The van der Waals surface area contributed by atoms with Crippen LogP contribution >= 0.6 is 0 Å². The van der Waals surface area contributed by atoms with E-state index < -0.39 is 0 Å². The fraction of sp³-hybridized carbons (Fsp3) is 0.480. The molecule has 5 nitrogen and oxygen atoms in total. The standard InChI is InChI=1S/C25H34N4O/c1-21(25(30)29-14-6-3-7-15-29)26-23-10-12-24(13-11-23)28-18-16-27(17-19-28)20-22-8-4-2-5-9-22/h2,4-5,8-13,21,26H,3,6-7,14-20H2,1H3/p+1/t21-/m1/s1. The lowest BCUT2D eigenvalue weighted by atomic mass is 10.1. The van der Waals surface area contributed by atoms with Gasteiger partial charge in [0.1, 0.15) is 12.6 Å². The van der Waals surface area contributed by atoms with Gasteiger partial charge in [0.15, 0.2) is 0 Å². The average molecular weight is 408 g/mol. The van der Waals surface area contributed by atoms with Crippen LogP contribution < -0.4 is 15.1 Å². The highest BCUT2D eigenvalue weighted by atomic mass is 16.2. The molecule has 1 atom stereocenters. The Morgan fingerprint density at radius 1 is 0.933 bits per heavy atom. The molecule has 2 saturated heterocycles. The summed E-state index contributed by atoms with van der Waals surface area (Å²) >= 11 is 0. The first kappa shape index (κ1) is 20.7. The lowest BCUT2D eigenvalue weighted by molar-refractivity contribution is -0.914. The summed E-state index contributed by atoms with van der Waals surface area (Å²) in [6, 6.07) is 19.2. The third-order valence-electron chi connectivity index (χ3n) is 6.42. The van der Waals surface area contributed by atoms with Crippen molar-refractivity contribution in [3.63, 3.8) is 0 Å². The summed E-state index contributed by atoms with van der Waals surface area (Å²) in [5.41, 5.74) is 3.71. The Labute approximate surface area is 180 Å². The maximum Gasteiger partial charge on any atom is 0.244 e. The fourth-order valence-electron chi connectivity index (χ4n) is 4.61. The summed E-state index contributed by atoms with van der Waals surface area (Å²) in [7, 11) is 0. The molecule has 2 aliphatic heterocycles. The molecule has 0 bridgehead atoms. The molecular weight excluding hydrogens is 372 g/mol. The Hall–Kier alpha value is -2.53. The Kier molecular flexibility index (Phi) is 6.90. The highest BCUT2D eigenvalue weighted by molar-refractivity contribution is 5.84. The third kappa shape index (κ3) is 5.33. The van der Waals surface area contributed by atoms with Gasteiger partial charge in [-0.15, -0.1) is 0 Å². The van der Waals surface area contributed by atoms with Gasteiger partial charge in [-0.25, -0.2) is 0 Å². The van der Waals surface area contributed by atoms with Crippen LogP contribution in [-0.4, -0.2) is 56.1 Å². The van der Waals surface area contributed by atoms with E-state index in [1.54, 1.807) is 4.90 Å². The minimum Gasteiger partial charge on any atom is -0.374 e. The van der Waals surface area contributed by atoms with Crippen LogP contribution in [0.5, 0.6) is 0 Å². The molecular formula is C25H35N4O+. The smallest absolute Gasteiger partial charge is 0.244 e. The molecule has 0 saturated carbocycles. The number of benzene rings is 2. The number of nitrogens with one attached hydrogen (secondary N) is 2. The van der Waals surface area contributed by atoms with Crippen molar-refractivity contribution in [3.8, 4) is 0 Å². The highest BCUT2D eigenvalue weighted by Crippen LogP contribution is 2.19. The van der Waals surface area contributed by atoms with E-state index in [0.29, 0.717) is 0 Å². The number of hydrogen-bond acceptors (Lipinski definition) is 3. The van der Waals surface area contributed by atoms with Crippen LogP contribution in [0.15, 0.2) is 54.6 Å². The summed E-state index contributed by atoms with van der Waals surface area (Å²) in [5, 5.41) is 3.39. The largest absolute Gasteiger partial charge is 0.374 e. The van der Waals surface area contributed by atoms with E-state index in [1.165, 1.54) is 17.7 Å². The summed E-state index contributed by atoms with van der Waals surface area (Å²) in [6.07, 6.45) is 3.51. The number of amides is 1. The molecule has 0 radical (unpaired) electrons. The molecule has 30 heavy (non-hydrogen) atoms. The minimum absolute atomic E-state index is 0.181. The van der Waals surface area contributed by atoms with Gasteiger partial charge in [0.05, 0.1) is 26.2 Å². The van der Waals surface area contributed by atoms with Crippen molar-refractivity contribution in [1.29, 1.82) is 0 Å². The van der Waals surface area contributed by atoms with Crippen molar-refractivity contribution in [2.24, 2.45) is 0 Å². The second-order valence-electron chi connectivity index (χ2n) is 8.70. The van der Waals surface area contributed by atoms with E-state index in [-0.39, 0.29) is 11.9 Å². The van der Waals surface area contributed by atoms with Gasteiger partial charge >= 0.3 is 0 Å². The lowest BCUT2D eigenvalue weighted by Gasteiger charge is -2.34. The number of likely N-dealkylation sites (tertiary alicyclic amines) is 1. The molecule has 2 fully saturated rings. The summed E-state index contributed by atoms with van der Waals surface area (Å²) < 4.78 is 0. The molecule has 0 aromatic heterocycles. The van der Waals surface area contributed by atoms with E-state index in [1.807, 2.05) is 11.8 Å². The minimum atomic E-state index is -0.181. The van der Waals surface area contributed by atoms with Gasteiger partial charge in [0.25, 0.3) is 0 Å². The van der Waals surface area contributed by atoms with Gasteiger partial charge in [0.2, 0.25) is 5.91 Å². The second kappa shape index (κ2) is 9.98. The van der Waals surface area contributed by atoms with E-state index >= 15 is 0 Å². The molecule has 2 N–H and O–H groups in total. The monoisotopic (exact) mass is 407 g/mol. The van der Waals surface area contributed by atoms with Crippen LogP contribution in [0.25, 0.3) is 0 Å². The van der Waals surface area contributed by atoms with Gasteiger partial charge in [-0.05, 0) is 50.5 Å². The van der Waals surface area contributed by atoms with Crippen molar-refractivity contribution >= 4 is 17.3 Å². The first-order valence-electron chi connectivity index (χ1n) is 11.5. The quantitative estimate of drug-likeness (QED) is 0.773. The number of piperidine rings is 1. The number of quaternary nitrogens is 1. The van der Waals surface area contributed by atoms with Crippen LogP contribution in [0.4, 0.5) is 11.4 Å². The maximum absolute atomic E-state index is 12.6. The Bertz CT molecular complexity index is 794. The predicted molar refractivity (Wildman–Crippen MR) is 123 cm³/mol. The number of rotatable bonds is 6. The molecule has 0 unspecified atom stereocenters. The number of carbonyl (C=O) groups excluding carboxylic acids is 1. The molecule has 4 rings (SSSR count). The Morgan fingerprint density at radius 2 is 1.60 bits per heavy atom. The van der Waals surface area contributed by atoms with Gasteiger partial charge in [-0.3, -0.25) is 4.79 Å². The summed E-state index contributed by atoms with van der Waals surface area (Å²) in [4.78, 5) is 18.8. The first-order valence-corrected chi connectivity index (χ1v) is 11.5. The number of nitrogens with zero attached hydrogens (tertiary/aromatic N) is 2. The zero-order chi connectivity index (χ0) is 20.8. The van der Waals surface area contributed by atoms with E-state index in [0.717, 1.165) is 64.3 Å². The molecule has 0 spiro atoms. The molecule has 5 heteroatoms. The molecule has 2 heterocycles. The van der Waals surface area contributed by atoms with Gasteiger partial charge in [-0.2, -0.15) is 0 Å². The van der Waals surface area contributed by atoms with E-state index in [4.69, 9.17) is 0 Å². The first-order chi connectivity index (χ1) is 14.7. The number of carbonyl (C=O) groups is 1. The molecule has 1 amide bonds. The highest BCUT2D eigenvalue weighted by Gasteiger charge is 2.23. The van der Waals surface area contributed by atoms with Gasteiger partial charge in [-0.1, -0.05) is 30.3 Å². The molecule has 2 aromatic rings. The molecule has 0 aliphatic carbocycles. The van der Waals surface area contributed by atoms with Crippen molar-refractivity contribution < 1.29 is 9.69 Å². The third-order valence-corrected chi connectivity index (χ3v) is 6.42. The SMILES string of the molecule is C[C@@H](Nc1ccc(N2CC[NH+](Cc3ccccc3)CC2)cc1)C(=O)N1CCCCC1. The number of piperazine rings is 1. The average Bonchev–Trinajstić information content (AvgIpc) is 2.81. The van der Waals surface area contributed by atoms with Crippen molar-refractivity contribution in [2.75, 3.05) is 49.5 Å². The van der Waals surface area contributed by atoms with Crippen LogP contribution in [0, 0.1) is 0 Å². The molecule has 160 valence electrons. The normalized spacial score (nSPS) is 18.8. The predicted octanol–water partition coefficient (Wildman–Crippen LogP) is 2.40. The Balaban J connectivity index is 1.26. The van der Waals surface area contributed by atoms with Crippen LogP contribution in [-0.2, 0) is 11.3 Å². The maximum atomic E-state index is 12.6. The van der Waals surface area contributed by atoms with Crippen LogP contribution in [0.1, 0.15) is 31.7 Å². The zero-order valence-electron chi connectivity index (χ0n) is 18.1. The summed E-state index contributed by atoms with van der Waals surface area (Å²) in [6.45, 7) is 9.38. The van der Waals surface area contributed by atoms with Crippen molar-refractivity contribution in [3.05, 3.63) is 60.2 Å². The number of anilines is 2. The van der Waals surface area contributed by atoms with E-state index in [9.17, 15) is 4.79 Å². The van der Waals surface area contributed by atoms with Crippen molar-refractivity contribution in [1.82, 2.24) is 4.90 Å². The van der Waals surface area contributed by atoms with Crippen LogP contribution in [0.2, 0.25) is 0 Å². The van der Waals surface area contributed by atoms with Crippen molar-refractivity contribution in [2.45, 2.75) is 38.8 Å². The van der Waals surface area contributed by atoms with E-state index in [2.05, 4.69) is 64.8 Å². The van der Waals surface area contributed by atoms with Crippen LogP contribution in [0.3, 0.4) is 0 Å². The fourth-order valence-corrected chi connectivity index (χ4v) is 4.61. The topological polar surface area (TPSA) is 40.0 Å². The van der Waals surface area contributed by atoms with Gasteiger partial charge in [0, 0.05) is 30.0 Å². The zero-order valence-corrected chi connectivity index (χ0v) is 18.1. The molecule has 2 aliphatic rings. The van der Waals surface area contributed by atoms with Gasteiger partial charge < -0.3 is 20.0 Å². The lowest BCUT2D eigenvalue weighted by Crippen LogP contribution is -3.13. The Morgan fingerprint density at radius 3 is 2.27 bits per heavy atom. The summed E-state index contributed by atoms with van der Waals surface area (Å²) in [5.74, 6) is 0.219. The number of hydrogen-bond donors (Lipinski definition) is 2. The second-order valence-corrected chi connectivity index (χ2v) is 8.70.